The zero-order valence-corrected chi connectivity index (χ0v) is 13.6. The van der Waals surface area contributed by atoms with E-state index in [0.29, 0.717) is 21.9 Å². The number of aromatic amines is 1. The number of carbonyl (C=O) groups excluding carboxylic acids is 1. The van der Waals surface area contributed by atoms with E-state index in [1.165, 1.54) is 24.2 Å². The highest BCUT2D eigenvalue weighted by atomic mass is 35.5. The number of nitrogens with one attached hydrogen (secondary N) is 2. The largest absolute Gasteiger partial charge is 0.309 e. The van der Waals surface area contributed by atoms with Gasteiger partial charge in [-0.2, -0.15) is 10.2 Å². The maximum Gasteiger partial charge on any atom is 0.231 e. The fourth-order valence-electron chi connectivity index (χ4n) is 2.29. The number of rotatable bonds is 5. The summed E-state index contributed by atoms with van der Waals surface area (Å²) >= 11 is 7.14. The van der Waals surface area contributed by atoms with E-state index in [4.69, 9.17) is 11.6 Å². The first kappa shape index (κ1) is 14.4. The number of halogens is 1. The monoisotopic (exact) mass is 348 g/mol. The van der Waals surface area contributed by atoms with Crippen LogP contribution in [0.25, 0.3) is 5.00 Å². The molecule has 7 nitrogen and oxygen atoms in total. The molecule has 0 aromatic carbocycles. The molecule has 2 N–H and O–H groups in total. The zero-order valence-electron chi connectivity index (χ0n) is 12.0. The normalized spacial score (nSPS) is 14.1. The van der Waals surface area contributed by atoms with Gasteiger partial charge < -0.3 is 5.32 Å². The van der Waals surface area contributed by atoms with Gasteiger partial charge in [0.2, 0.25) is 5.91 Å². The first-order valence-electron chi connectivity index (χ1n) is 7.19. The third-order valence-electron chi connectivity index (χ3n) is 3.56. The Kier molecular flexibility index (Phi) is 3.62. The molecule has 0 spiro atoms. The van der Waals surface area contributed by atoms with Crippen molar-refractivity contribution >= 4 is 34.7 Å². The predicted octanol–water partition coefficient (Wildman–Crippen LogP) is 2.76. The maximum atomic E-state index is 12.1. The van der Waals surface area contributed by atoms with Crippen LogP contribution in [0, 0.1) is 0 Å². The van der Waals surface area contributed by atoms with Gasteiger partial charge >= 0.3 is 0 Å². The molecule has 9 heteroatoms. The number of aromatic nitrogens is 5. The molecular formula is C14H13ClN6OS. The summed E-state index contributed by atoms with van der Waals surface area (Å²) in [6.45, 7) is 0. The van der Waals surface area contributed by atoms with Crippen LogP contribution in [-0.4, -0.2) is 30.9 Å². The van der Waals surface area contributed by atoms with Crippen molar-refractivity contribution < 1.29 is 4.79 Å². The molecule has 0 bridgehead atoms. The third-order valence-corrected chi connectivity index (χ3v) is 4.66. The van der Waals surface area contributed by atoms with E-state index in [-0.39, 0.29) is 12.3 Å². The fraction of sp³-hybridized carbons (Fsp3) is 0.286. The van der Waals surface area contributed by atoms with Gasteiger partial charge in [0.1, 0.15) is 5.00 Å². The summed E-state index contributed by atoms with van der Waals surface area (Å²) in [6, 6.07) is 3.70. The first-order valence-corrected chi connectivity index (χ1v) is 8.38. The first-order chi connectivity index (χ1) is 11.2. The van der Waals surface area contributed by atoms with Gasteiger partial charge in [-0.3, -0.25) is 9.89 Å². The van der Waals surface area contributed by atoms with Crippen LogP contribution in [0.2, 0.25) is 4.47 Å². The second kappa shape index (κ2) is 5.78. The van der Waals surface area contributed by atoms with Crippen LogP contribution >= 0.6 is 22.9 Å². The summed E-state index contributed by atoms with van der Waals surface area (Å²) in [5, 5.41) is 15.0. The summed E-state index contributed by atoms with van der Waals surface area (Å²) in [4.78, 5) is 16.1. The standard InChI is InChI=1S/C14H13ClN6OS/c15-14-16-7-13(23-14)21-4-3-9(20-21)5-12(22)17-11-6-10(18-19-11)8-1-2-8/h3-4,6-8H,1-2,5H2,(H2,17,18,19,22). The Bertz CT molecular complexity index is 849. The minimum atomic E-state index is -0.147. The fourth-order valence-corrected chi connectivity index (χ4v) is 3.15. The summed E-state index contributed by atoms with van der Waals surface area (Å²) in [5.74, 6) is 0.993. The number of hydrogen-bond donors (Lipinski definition) is 2. The predicted molar refractivity (Wildman–Crippen MR) is 87.1 cm³/mol. The SMILES string of the molecule is O=C(Cc1ccn(-c2cnc(Cl)s2)n1)Nc1cc(C2CC2)[nH]n1. The molecule has 23 heavy (non-hydrogen) atoms. The van der Waals surface area contributed by atoms with Crippen molar-refractivity contribution in [1.29, 1.82) is 0 Å². The molecule has 0 atom stereocenters. The molecule has 1 aliphatic carbocycles. The highest BCUT2D eigenvalue weighted by Gasteiger charge is 2.25. The van der Waals surface area contributed by atoms with E-state index >= 15 is 0 Å². The molecule has 0 saturated heterocycles. The smallest absolute Gasteiger partial charge is 0.231 e. The van der Waals surface area contributed by atoms with Crippen LogP contribution in [0.4, 0.5) is 5.82 Å². The topological polar surface area (TPSA) is 88.5 Å². The van der Waals surface area contributed by atoms with Crippen LogP contribution in [0.15, 0.2) is 24.5 Å². The van der Waals surface area contributed by atoms with Gasteiger partial charge in [-0.1, -0.05) is 22.9 Å². The summed E-state index contributed by atoms with van der Waals surface area (Å²) < 4.78 is 2.12. The van der Waals surface area contributed by atoms with Crippen LogP contribution in [0.1, 0.15) is 30.1 Å². The Morgan fingerprint density at radius 3 is 3.13 bits per heavy atom. The van der Waals surface area contributed by atoms with Gasteiger partial charge in [0.25, 0.3) is 0 Å². The molecular weight excluding hydrogens is 336 g/mol. The van der Waals surface area contributed by atoms with E-state index in [0.717, 1.165) is 10.7 Å². The molecule has 4 rings (SSSR count). The lowest BCUT2D eigenvalue weighted by Crippen LogP contribution is -2.15. The van der Waals surface area contributed by atoms with E-state index in [2.05, 4.69) is 25.6 Å². The van der Waals surface area contributed by atoms with Gasteiger partial charge in [-0.15, -0.1) is 0 Å². The molecule has 1 aliphatic rings. The highest BCUT2D eigenvalue weighted by Crippen LogP contribution is 2.39. The molecule has 0 unspecified atom stereocenters. The van der Waals surface area contributed by atoms with Crippen LogP contribution in [-0.2, 0) is 11.2 Å². The van der Waals surface area contributed by atoms with Crippen molar-refractivity contribution in [3.8, 4) is 5.00 Å². The Hall–Kier alpha value is -2.19. The summed E-state index contributed by atoms with van der Waals surface area (Å²) in [6.07, 6.45) is 5.99. The van der Waals surface area contributed by atoms with Gasteiger partial charge in [0, 0.05) is 23.9 Å². The van der Waals surface area contributed by atoms with Crippen molar-refractivity contribution in [2.75, 3.05) is 5.32 Å². The molecule has 0 aliphatic heterocycles. The number of thiazole rings is 1. The van der Waals surface area contributed by atoms with E-state index < -0.39 is 0 Å². The summed E-state index contributed by atoms with van der Waals surface area (Å²) in [7, 11) is 0. The lowest BCUT2D eigenvalue weighted by atomic mass is 10.3. The maximum absolute atomic E-state index is 12.1. The second-order valence-electron chi connectivity index (χ2n) is 5.41. The van der Waals surface area contributed by atoms with E-state index in [1.807, 2.05) is 6.07 Å². The van der Waals surface area contributed by atoms with Crippen LogP contribution in [0.3, 0.4) is 0 Å². The lowest BCUT2D eigenvalue weighted by molar-refractivity contribution is -0.115. The lowest BCUT2D eigenvalue weighted by Gasteiger charge is -1.99. The minimum Gasteiger partial charge on any atom is -0.309 e. The summed E-state index contributed by atoms with van der Waals surface area (Å²) in [5.41, 5.74) is 1.76. The van der Waals surface area contributed by atoms with E-state index in [1.54, 1.807) is 23.1 Å². The van der Waals surface area contributed by atoms with Crippen LogP contribution in [0.5, 0.6) is 0 Å². The van der Waals surface area contributed by atoms with Gasteiger partial charge in [0.15, 0.2) is 10.3 Å². The second-order valence-corrected chi connectivity index (χ2v) is 7.00. The highest BCUT2D eigenvalue weighted by molar-refractivity contribution is 7.18. The van der Waals surface area contributed by atoms with Crippen LogP contribution < -0.4 is 5.32 Å². The number of anilines is 1. The number of hydrogen-bond acceptors (Lipinski definition) is 5. The van der Waals surface area contributed by atoms with E-state index in [9.17, 15) is 4.79 Å². The Labute approximate surface area is 140 Å². The minimum absolute atomic E-state index is 0.147. The Morgan fingerprint density at radius 2 is 2.39 bits per heavy atom. The molecule has 3 heterocycles. The molecule has 1 amide bonds. The van der Waals surface area contributed by atoms with Gasteiger partial charge in [-0.25, -0.2) is 9.67 Å². The number of H-pyrrole nitrogens is 1. The Balaban J connectivity index is 1.39. The third kappa shape index (κ3) is 3.27. The molecule has 0 radical (unpaired) electrons. The molecule has 118 valence electrons. The number of amides is 1. The molecule has 3 aromatic rings. The van der Waals surface area contributed by atoms with Crippen molar-refractivity contribution in [3.63, 3.8) is 0 Å². The number of nitrogens with zero attached hydrogens (tertiary/aromatic N) is 4. The van der Waals surface area contributed by atoms with Gasteiger partial charge in [0.05, 0.1) is 18.3 Å². The zero-order chi connectivity index (χ0) is 15.8. The molecule has 1 fully saturated rings. The van der Waals surface area contributed by atoms with Crippen molar-refractivity contribution in [1.82, 2.24) is 25.0 Å². The molecule has 1 saturated carbocycles. The quantitative estimate of drug-likeness (QED) is 0.742. The van der Waals surface area contributed by atoms with Gasteiger partial charge in [-0.05, 0) is 18.9 Å². The Morgan fingerprint density at radius 1 is 1.52 bits per heavy atom. The van der Waals surface area contributed by atoms with Crippen molar-refractivity contribution in [2.24, 2.45) is 0 Å². The average molecular weight is 349 g/mol. The van der Waals surface area contributed by atoms with Crippen molar-refractivity contribution in [3.05, 3.63) is 40.4 Å². The number of carbonyl (C=O) groups is 1. The average Bonchev–Trinajstić information content (AvgIpc) is 2.91. The van der Waals surface area contributed by atoms with Crippen molar-refractivity contribution in [2.45, 2.75) is 25.2 Å². The molecule has 3 aromatic heterocycles.